The van der Waals surface area contributed by atoms with Crippen LogP contribution >= 0.6 is 0 Å². The number of benzene rings is 2. The van der Waals surface area contributed by atoms with Crippen LogP contribution in [-0.4, -0.2) is 28.3 Å². The van der Waals surface area contributed by atoms with Crippen LogP contribution in [0.15, 0.2) is 60.9 Å². The van der Waals surface area contributed by atoms with Crippen molar-refractivity contribution < 1.29 is 14.0 Å². The largest absolute Gasteiger partial charge is 0.352 e. The van der Waals surface area contributed by atoms with Gasteiger partial charge in [0.25, 0.3) is 5.91 Å². The number of nitrogens with zero attached hydrogens (tertiary/aromatic N) is 2. The van der Waals surface area contributed by atoms with E-state index in [2.05, 4.69) is 25.9 Å². The second-order valence-corrected chi connectivity index (χ2v) is 6.28. The molecule has 0 radical (unpaired) electrons. The molecule has 0 saturated carbocycles. The minimum atomic E-state index is -0.333. The highest BCUT2D eigenvalue weighted by Crippen LogP contribution is 2.18. The molecular formula is C21H20FN5O2. The molecule has 0 spiro atoms. The molecular weight excluding hydrogens is 373 g/mol. The fourth-order valence-corrected chi connectivity index (χ4v) is 2.63. The van der Waals surface area contributed by atoms with Crippen LogP contribution in [0.1, 0.15) is 22.8 Å². The maximum atomic E-state index is 13.6. The lowest BCUT2D eigenvalue weighted by atomic mass is 10.1. The van der Waals surface area contributed by atoms with Crippen LogP contribution in [0.25, 0.3) is 0 Å². The van der Waals surface area contributed by atoms with E-state index in [-0.39, 0.29) is 17.6 Å². The van der Waals surface area contributed by atoms with Crippen molar-refractivity contribution in [2.75, 3.05) is 17.2 Å². The summed E-state index contributed by atoms with van der Waals surface area (Å²) in [6, 6.07) is 13.6. The molecule has 0 aliphatic carbocycles. The second kappa shape index (κ2) is 9.41. The average molecular weight is 393 g/mol. The lowest BCUT2D eigenvalue weighted by Crippen LogP contribution is -2.26. The topological polar surface area (TPSA) is 96.0 Å². The molecule has 1 heterocycles. The van der Waals surface area contributed by atoms with Gasteiger partial charge in [-0.2, -0.15) is 0 Å². The lowest BCUT2D eigenvalue weighted by molar-refractivity contribution is -0.114. The maximum absolute atomic E-state index is 13.6. The molecule has 8 heteroatoms. The standard InChI is InChI=1S/C21H20FN5O2/c1-14(28)26-17-6-4-7-18(11-17)27-21-24-12-16(13-25-21)20(29)23-10-9-15-5-2-3-8-19(15)22/h2-8,11-13H,9-10H2,1H3,(H,23,29)(H,26,28)(H,24,25,27). The quantitative estimate of drug-likeness (QED) is 0.572. The molecule has 0 fully saturated rings. The van der Waals surface area contributed by atoms with Gasteiger partial charge in [-0.25, -0.2) is 14.4 Å². The summed E-state index contributed by atoms with van der Waals surface area (Å²) in [7, 11) is 0. The van der Waals surface area contributed by atoms with Crippen LogP contribution in [0.5, 0.6) is 0 Å². The first-order chi connectivity index (χ1) is 14.0. The molecule has 0 saturated heterocycles. The summed E-state index contributed by atoms with van der Waals surface area (Å²) in [6.45, 7) is 1.74. The average Bonchev–Trinajstić information content (AvgIpc) is 2.70. The van der Waals surface area contributed by atoms with Gasteiger partial charge in [-0.3, -0.25) is 9.59 Å². The van der Waals surface area contributed by atoms with E-state index in [1.807, 2.05) is 0 Å². The van der Waals surface area contributed by atoms with E-state index in [1.165, 1.54) is 25.4 Å². The molecule has 7 nitrogen and oxygen atoms in total. The summed E-state index contributed by atoms with van der Waals surface area (Å²) in [6.07, 6.45) is 3.21. The Morgan fingerprint density at radius 3 is 2.45 bits per heavy atom. The maximum Gasteiger partial charge on any atom is 0.254 e. The fraction of sp³-hybridized carbons (Fsp3) is 0.143. The number of hydrogen-bond donors (Lipinski definition) is 3. The molecule has 1 aromatic heterocycles. The van der Waals surface area contributed by atoms with Gasteiger partial charge >= 0.3 is 0 Å². The second-order valence-electron chi connectivity index (χ2n) is 6.28. The Labute approximate surface area is 167 Å². The van der Waals surface area contributed by atoms with Crippen LogP contribution in [0, 0.1) is 5.82 Å². The minimum absolute atomic E-state index is 0.163. The van der Waals surface area contributed by atoms with E-state index >= 15 is 0 Å². The predicted molar refractivity (Wildman–Crippen MR) is 108 cm³/mol. The number of halogens is 1. The first kappa shape index (κ1) is 19.9. The molecule has 148 valence electrons. The Bertz CT molecular complexity index is 1010. The first-order valence-electron chi connectivity index (χ1n) is 8.99. The van der Waals surface area contributed by atoms with E-state index in [0.29, 0.717) is 41.4 Å². The Kier molecular flexibility index (Phi) is 6.47. The molecule has 0 aliphatic heterocycles. The summed E-state index contributed by atoms with van der Waals surface area (Å²) in [4.78, 5) is 31.6. The fourth-order valence-electron chi connectivity index (χ4n) is 2.63. The van der Waals surface area contributed by atoms with Crippen LogP contribution in [0.3, 0.4) is 0 Å². The van der Waals surface area contributed by atoms with E-state index in [4.69, 9.17) is 0 Å². The number of carbonyl (C=O) groups excluding carboxylic acids is 2. The van der Waals surface area contributed by atoms with E-state index < -0.39 is 0 Å². The lowest BCUT2D eigenvalue weighted by Gasteiger charge is -2.08. The van der Waals surface area contributed by atoms with Gasteiger partial charge in [0.15, 0.2) is 0 Å². The van der Waals surface area contributed by atoms with Gasteiger partial charge in [-0.15, -0.1) is 0 Å². The van der Waals surface area contributed by atoms with E-state index in [9.17, 15) is 14.0 Å². The number of hydrogen-bond acceptors (Lipinski definition) is 5. The summed E-state index contributed by atoms with van der Waals surface area (Å²) in [5.74, 6) is -0.472. The highest BCUT2D eigenvalue weighted by Gasteiger charge is 2.08. The van der Waals surface area contributed by atoms with Gasteiger partial charge in [-0.05, 0) is 36.2 Å². The molecule has 0 aliphatic rings. The van der Waals surface area contributed by atoms with Gasteiger partial charge in [0.05, 0.1) is 5.56 Å². The Balaban J connectivity index is 1.55. The molecule has 3 aromatic rings. The molecule has 3 rings (SSSR count). The van der Waals surface area contributed by atoms with Crippen molar-refractivity contribution in [1.82, 2.24) is 15.3 Å². The van der Waals surface area contributed by atoms with Crippen molar-refractivity contribution in [2.24, 2.45) is 0 Å². The van der Waals surface area contributed by atoms with Gasteiger partial charge in [0.2, 0.25) is 11.9 Å². The molecule has 0 bridgehead atoms. The monoisotopic (exact) mass is 393 g/mol. The number of nitrogens with one attached hydrogen (secondary N) is 3. The number of rotatable bonds is 7. The van der Waals surface area contributed by atoms with Crippen LogP contribution in [0.4, 0.5) is 21.7 Å². The van der Waals surface area contributed by atoms with E-state index in [1.54, 1.807) is 42.5 Å². The van der Waals surface area contributed by atoms with Crippen LogP contribution < -0.4 is 16.0 Å². The zero-order valence-corrected chi connectivity index (χ0v) is 15.8. The van der Waals surface area contributed by atoms with Gasteiger partial charge in [0.1, 0.15) is 5.82 Å². The third-order valence-corrected chi connectivity index (χ3v) is 3.99. The van der Waals surface area contributed by atoms with Gasteiger partial charge < -0.3 is 16.0 Å². The predicted octanol–water partition coefficient (Wildman–Crippen LogP) is 3.29. The summed E-state index contributed by atoms with van der Waals surface area (Å²) in [5.41, 5.74) is 2.19. The zero-order valence-electron chi connectivity index (χ0n) is 15.8. The third kappa shape index (κ3) is 5.83. The molecule has 3 N–H and O–H groups in total. The van der Waals surface area contributed by atoms with Crippen molar-refractivity contribution in [3.05, 3.63) is 77.9 Å². The molecule has 29 heavy (non-hydrogen) atoms. The smallest absolute Gasteiger partial charge is 0.254 e. The third-order valence-electron chi connectivity index (χ3n) is 3.99. The Morgan fingerprint density at radius 2 is 1.72 bits per heavy atom. The highest BCUT2D eigenvalue weighted by atomic mass is 19.1. The molecule has 2 aromatic carbocycles. The number of carbonyl (C=O) groups is 2. The normalized spacial score (nSPS) is 10.3. The van der Waals surface area contributed by atoms with Crippen LogP contribution in [0.2, 0.25) is 0 Å². The zero-order chi connectivity index (χ0) is 20.6. The van der Waals surface area contributed by atoms with Gasteiger partial charge in [0, 0.05) is 37.2 Å². The van der Waals surface area contributed by atoms with Gasteiger partial charge in [-0.1, -0.05) is 24.3 Å². The van der Waals surface area contributed by atoms with E-state index in [0.717, 1.165) is 0 Å². The number of anilines is 3. The molecule has 0 atom stereocenters. The van der Waals surface area contributed by atoms with Crippen molar-refractivity contribution in [1.29, 1.82) is 0 Å². The van der Waals surface area contributed by atoms with Crippen molar-refractivity contribution in [3.8, 4) is 0 Å². The minimum Gasteiger partial charge on any atom is -0.352 e. The first-order valence-corrected chi connectivity index (χ1v) is 8.99. The van der Waals surface area contributed by atoms with Crippen molar-refractivity contribution in [2.45, 2.75) is 13.3 Å². The SMILES string of the molecule is CC(=O)Nc1cccc(Nc2ncc(C(=O)NCCc3ccccc3F)cn2)c1. The molecule has 0 unspecified atom stereocenters. The van der Waals surface area contributed by atoms with Crippen molar-refractivity contribution in [3.63, 3.8) is 0 Å². The van der Waals surface area contributed by atoms with Crippen LogP contribution in [-0.2, 0) is 11.2 Å². The highest BCUT2D eigenvalue weighted by molar-refractivity contribution is 5.93. The Morgan fingerprint density at radius 1 is 1.00 bits per heavy atom. The number of amides is 2. The molecule has 2 amide bonds. The van der Waals surface area contributed by atoms with Crippen molar-refractivity contribution >= 4 is 29.1 Å². The summed E-state index contributed by atoms with van der Waals surface area (Å²) < 4.78 is 13.6. The summed E-state index contributed by atoms with van der Waals surface area (Å²) >= 11 is 0. The number of aromatic nitrogens is 2. The summed E-state index contributed by atoms with van der Waals surface area (Å²) in [5, 5.41) is 8.42. The Hall–Kier alpha value is -3.81.